The standard InChI is InChI=1S/C22H23BrN4O4/c1-4-27-19-18(21(29)26-22(27)30)14(10-16(24-19)11(2)3)20(28)25-15-7-8-31-17-6-5-12(23)9-13(15)17/h5-6,9-11,15H,4,7-8H2,1-3H3,(H,25,28)(H,26,29,30). The molecule has 31 heavy (non-hydrogen) atoms. The maximum absolute atomic E-state index is 13.4. The molecule has 8 nitrogen and oxygen atoms in total. The molecule has 0 saturated carbocycles. The van der Waals surface area contributed by atoms with Crippen LogP contribution in [0.2, 0.25) is 0 Å². The molecule has 2 N–H and O–H groups in total. The fraction of sp³-hybridized carbons (Fsp3) is 0.364. The van der Waals surface area contributed by atoms with Crippen molar-refractivity contribution in [3.05, 3.63) is 66.4 Å². The van der Waals surface area contributed by atoms with Crippen LogP contribution < -0.4 is 21.3 Å². The number of aryl methyl sites for hydroxylation is 1. The first-order chi connectivity index (χ1) is 14.8. The largest absolute Gasteiger partial charge is 0.493 e. The number of hydrogen-bond acceptors (Lipinski definition) is 5. The molecule has 2 aromatic heterocycles. The van der Waals surface area contributed by atoms with E-state index in [2.05, 4.69) is 31.2 Å². The van der Waals surface area contributed by atoms with E-state index in [0.717, 1.165) is 15.8 Å². The molecule has 0 saturated heterocycles. The number of hydrogen-bond donors (Lipinski definition) is 2. The van der Waals surface area contributed by atoms with Gasteiger partial charge in [0.2, 0.25) is 0 Å². The molecule has 1 aliphatic heterocycles. The van der Waals surface area contributed by atoms with Crippen molar-refractivity contribution in [3.63, 3.8) is 0 Å². The topological polar surface area (TPSA) is 106 Å². The molecule has 4 rings (SSSR count). The number of nitrogens with zero attached hydrogens (tertiary/aromatic N) is 2. The number of aromatic nitrogens is 3. The minimum atomic E-state index is -0.618. The van der Waals surface area contributed by atoms with E-state index in [-0.39, 0.29) is 34.5 Å². The minimum absolute atomic E-state index is 0.00964. The Bertz CT molecular complexity index is 1300. The van der Waals surface area contributed by atoms with Gasteiger partial charge < -0.3 is 10.1 Å². The van der Waals surface area contributed by atoms with E-state index < -0.39 is 11.2 Å². The Morgan fingerprint density at radius 1 is 1.35 bits per heavy atom. The average molecular weight is 487 g/mol. The number of ether oxygens (including phenoxy) is 1. The van der Waals surface area contributed by atoms with Gasteiger partial charge in [0.1, 0.15) is 5.75 Å². The third kappa shape index (κ3) is 3.89. The number of benzene rings is 1. The summed E-state index contributed by atoms with van der Waals surface area (Å²) in [4.78, 5) is 45.2. The highest BCUT2D eigenvalue weighted by Gasteiger charge is 2.26. The van der Waals surface area contributed by atoms with Gasteiger partial charge in [0, 0.05) is 28.7 Å². The molecule has 3 heterocycles. The number of amides is 1. The van der Waals surface area contributed by atoms with Gasteiger partial charge in [-0.15, -0.1) is 0 Å². The molecule has 3 aromatic rings. The molecule has 9 heteroatoms. The van der Waals surface area contributed by atoms with Crippen molar-refractivity contribution in [1.29, 1.82) is 0 Å². The van der Waals surface area contributed by atoms with Crippen LogP contribution in [0.25, 0.3) is 11.0 Å². The van der Waals surface area contributed by atoms with E-state index >= 15 is 0 Å². The number of halogens is 1. The Labute approximate surface area is 186 Å². The van der Waals surface area contributed by atoms with Crippen LogP contribution in [-0.2, 0) is 6.54 Å². The number of aromatic amines is 1. The quantitative estimate of drug-likeness (QED) is 0.588. The van der Waals surface area contributed by atoms with E-state index in [4.69, 9.17) is 4.74 Å². The second-order valence-corrected chi connectivity index (χ2v) is 8.71. The van der Waals surface area contributed by atoms with Crippen LogP contribution in [-0.4, -0.2) is 27.0 Å². The SMILES string of the molecule is CCn1c(=O)[nH]c(=O)c2c(C(=O)NC3CCOc4ccc(Br)cc43)cc(C(C)C)nc21. The van der Waals surface area contributed by atoms with Crippen molar-refractivity contribution < 1.29 is 9.53 Å². The first-order valence-corrected chi connectivity index (χ1v) is 11.0. The second kappa shape index (κ2) is 8.30. The lowest BCUT2D eigenvalue weighted by atomic mass is 9.99. The van der Waals surface area contributed by atoms with Gasteiger partial charge in [-0.1, -0.05) is 29.8 Å². The van der Waals surface area contributed by atoms with Crippen LogP contribution in [0.1, 0.15) is 60.8 Å². The second-order valence-electron chi connectivity index (χ2n) is 7.80. The summed E-state index contributed by atoms with van der Waals surface area (Å²) >= 11 is 3.46. The lowest BCUT2D eigenvalue weighted by molar-refractivity contribution is 0.0926. The van der Waals surface area contributed by atoms with Crippen LogP contribution in [0.3, 0.4) is 0 Å². The summed E-state index contributed by atoms with van der Waals surface area (Å²) < 4.78 is 7.96. The van der Waals surface area contributed by atoms with Gasteiger partial charge >= 0.3 is 5.69 Å². The first kappa shape index (κ1) is 21.3. The zero-order valence-electron chi connectivity index (χ0n) is 17.5. The van der Waals surface area contributed by atoms with Gasteiger partial charge in [0.25, 0.3) is 11.5 Å². The van der Waals surface area contributed by atoms with E-state index in [1.807, 2.05) is 32.0 Å². The minimum Gasteiger partial charge on any atom is -0.493 e. The fourth-order valence-electron chi connectivity index (χ4n) is 3.81. The highest BCUT2D eigenvalue weighted by atomic mass is 79.9. The first-order valence-electron chi connectivity index (χ1n) is 10.2. The van der Waals surface area contributed by atoms with Gasteiger partial charge in [0.15, 0.2) is 5.65 Å². The molecule has 1 aliphatic rings. The third-order valence-corrected chi connectivity index (χ3v) is 5.93. The number of fused-ring (bicyclic) bond motifs is 2. The fourth-order valence-corrected chi connectivity index (χ4v) is 4.19. The lowest BCUT2D eigenvalue weighted by Crippen LogP contribution is -2.35. The highest BCUT2D eigenvalue weighted by Crippen LogP contribution is 2.34. The highest BCUT2D eigenvalue weighted by molar-refractivity contribution is 9.10. The smallest absolute Gasteiger partial charge is 0.329 e. The van der Waals surface area contributed by atoms with Crippen LogP contribution in [0.5, 0.6) is 5.75 Å². The number of carbonyl (C=O) groups is 1. The van der Waals surface area contributed by atoms with Crippen molar-refractivity contribution >= 4 is 32.9 Å². The summed E-state index contributed by atoms with van der Waals surface area (Å²) in [6.45, 7) is 6.49. The average Bonchev–Trinajstić information content (AvgIpc) is 2.73. The van der Waals surface area contributed by atoms with Gasteiger partial charge in [-0.2, -0.15) is 0 Å². The Kier molecular flexibility index (Phi) is 5.70. The summed E-state index contributed by atoms with van der Waals surface area (Å²) in [7, 11) is 0. The number of carbonyl (C=O) groups excluding carboxylic acids is 1. The van der Waals surface area contributed by atoms with Crippen molar-refractivity contribution in [3.8, 4) is 5.75 Å². The maximum atomic E-state index is 13.4. The van der Waals surface area contributed by atoms with Crippen molar-refractivity contribution in [1.82, 2.24) is 19.9 Å². The Morgan fingerprint density at radius 2 is 2.13 bits per heavy atom. The summed E-state index contributed by atoms with van der Waals surface area (Å²) in [6, 6.07) is 7.04. The summed E-state index contributed by atoms with van der Waals surface area (Å²) in [6.07, 6.45) is 0.602. The zero-order chi connectivity index (χ0) is 22.3. The third-order valence-electron chi connectivity index (χ3n) is 5.44. The van der Waals surface area contributed by atoms with Crippen LogP contribution in [0.15, 0.2) is 38.3 Å². The molecule has 1 unspecified atom stereocenters. The molecule has 162 valence electrons. The van der Waals surface area contributed by atoms with Gasteiger partial charge in [-0.25, -0.2) is 9.78 Å². The molecule has 0 spiro atoms. The molecule has 0 radical (unpaired) electrons. The van der Waals surface area contributed by atoms with Crippen molar-refractivity contribution in [2.45, 2.75) is 45.7 Å². The molecule has 0 bridgehead atoms. The predicted octanol–water partition coefficient (Wildman–Crippen LogP) is 3.24. The van der Waals surface area contributed by atoms with Crippen LogP contribution in [0.4, 0.5) is 0 Å². The van der Waals surface area contributed by atoms with Gasteiger partial charge in [-0.3, -0.25) is 19.1 Å². The summed E-state index contributed by atoms with van der Waals surface area (Å²) in [5.74, 6) is 0.342. The summed E-state index contributed by atoms with van der Waals surface area (Å²) in [5, 5.41) is 3.16. The number of pyridine rings is 1. The Hall–Kier alpha value is -2.94. The lowest BCUT2D eigenvalue weighted by Gasteiger charge is -2.27. The molecule has 1 amide bonds. The molecular weight excluding hydrogens is 464 g/mol. The van der Waals surface area contributed by atoms with Gasteiger partial charge in [-0.05, 0) is 37.1 Å². The van der Waals surface area contributed by atoms with E-state index in [9.17, 15) is 14.4 Å². The van der Waals surface area contributed by atoms with E-state index in [1.54, 1.807) is 13.0 Å². The molecule has 0 fully saturated rings. The molecule has 0 aliphatic carbocycles. The Morgan fingerprint density at radius 3 is 2.84 bits per heavy atom. The Balaban J connectivity index is 1.85. The molecular formula is C22H23BrN4O4. The normalized spacial score (nSPS) is 15.6. The van der Waals surface area contributed by atoms with Crippen LogP contribution in [0, 0.1) is 0 Å². The van der Waals surface area contributed by atoms with E-state index in [0.29, 0.717) is 25.3 Å². The van der Waals surface area contributed by atoms with Crippen LogP contribution >= 0.6 is 15.9 Å². The number of rotatable bonds is 4. The van der Waals surface area contributed by atoms with Gasteiger partial charge in [0.05, 0.1) is 23.6 Å². The number of H-pyrrole nitrogens is 1. The predicted molar refractivity (Wildman–Crippen MR) is 121 cm³/mol. The summed E-state index contributed by atoms with van der Waals surface area (Å²) in [5.41, 5.74) is 0.787. The van der Waals surface area contributed by atoms with E-state index in [1.165, 1.54) is 4.57 Å². The molecule has 1 aromatic carbocycles. The monoisotopic (exact) mass is 486 g/mol. The number of nitrogens with one attached hydrogen (secondary N) is 2. The zero-order valence-corrected chi connectivity index (χ0v) is 19.1. The molecule has 1 atom stereocenters. The van der Waals surface area contributed by atoms with Crippen molar-refractivity contribution in [2.75, 3.05) is 6.61 Å². The van der Waals surface area contributed by atoms with Crippen molar-refractivity contribution in [2.24, 2.45) is 0 Å². The maximum Gasteiger partial charge on any atom is 0.329 e.